The van der Waals surface area contributed by atoms with Crippen molar-refractivity contribution >= 4 is 5.76 Å². The lowest BCUT2D eigenvalue weighted by Gasteiger charge is -2.23. The van der Waals surface area contributed by atoms with Gasteiger partial charge in [-0.1, -0.05) is 31.2 Å². The summed E-state index contributed by atoms with van der Waals surface area (Å²) < 4.78 is 0. The minimum Gasteiger partial charge on any atom is -0.507 e. The Morgan fingerprint density at radius 1 is 1.31 bits per heavy atom. The molecule has 0 saturated heterocycles. The van der Waals surface area contributed by atoms with Crippen LogP contribution < -0.4 is 0 Å². The van der Waals surface area contributed by atoms with Crippen molar-refractivity contribution in [3.05, 3.63) is 41.0 Å². The van der Waals surface area contributed by atoms with Gasteiger partial charge in [0.05, 0.1) is 0 Å². The van der Waals surface area contributed by atoms with Crippen molar-refractivity contribution in [1.82, 2.24) is 0 Å². The van der Waals surface area contributed by atoms with E-state index in [1.807, 2.05) is 25.1 Å². The second-order valence-electron chi connectivity index (χ2n) is 3.82. The van der Waals surface area contributed by atoms with Crippen LogP contribution in [0.15, 0.2) is 29.8 Å². The van der Waals surface area contributed by atoms with Crippen LogP contribution >= 0.6 is 0 Å². The Kier molecular flexibility index (Phi) is 1.87. The first-order valence-corrected chi connectivity index (χ1v) is 4.68. The Bertz CT molecular complexity index is 363. The maximum absolute atomic E-state index is 9.83. The van der Waals surface area contributed by atoms with E-state index in [1.54, 1.807) is 0 Å². The molecule has 1 unspecified atom stereocenters. The van der Waals surface area contributed by atoms with Crippen LogP contribution in [0.3, 0.4) is 0 Å². The molecule has 1 N–H and O–H groups in total. The van der Waals surface area contributed by atoms with E-state index in [4.69, 9.17) is 0 Å². The Balaban J connectivity index is 2.62. The molecule has 1 aromatic rings. The third-order valence-corrected chi connectivity index (χ3v) is 2.76. The van der Waals surface area contributed by atoms with Crippen LogP contribution in [0.25, 0.3) is 5.76 Å². The maximum Gasteiger partial charge on any atom is 0.122 e. The summed E-state index contributed by atoms with van der Waals surface area (Å²) in [5.74, 6) is 1.01. The molecule has 1 atom stereocenters. The number of hydrogen-bond acceptors (Lipinski definition) is 1. The molecule has 1 nitrogen and oxygen atoms in total. The fourth-order valence-electron chi connectivity index (χ4n) is 2.04. The number of benzene rings is 1. The molecule has 1 aliphatic carbocycles. The average Bonchev–Trinajstić information content (AvgIpc) is 2.15. The summed E-state index contributed by atoms with van der Waals surface area (Å²) in [6.45, 7) is 4.20. The van der Waals surface area contributed by atoms with Crippen molar-refractivity contribution < 1.29 is 5.11 Å². The zero-order valence-corrected chi connectivity index (χ0v) is 8.04. The van der Waals surface area contributed by atoms with Crippen LogP contribution in [0, 0.1) is 0 Å². The number of fused-ring (bicyclic) bond motifs is 1. The van der Waals surface area contributed by atoms with Crippen LogP contribution in [0.1, 0.15) is 37.3 Å². The highest BCUT2D eigenvalue weighted by molar-refractivity contribution is 5.67. The maximum atomic E-state index is 9.83. The first kappa shape index (κ1) is 8.36. The van der Waals surface area contributed by atoms with E-state index in [0.717, 1.165) is 17.6 Å². The van der Waals surface area contributed by atoms with Crippen molar-refractivity contribution in [3.63, 3.8) is 0 Å². The van der Waals surface area contributed by atoms with Crippen LogP contribution in [0.4, 0.5) is 0 Å². The minimum atomic E-state index is 0.480. The van der Waals surface area contributed by atoms with E-state index in [-0.39, 0.29) is 0 Å². The van der Waals surface area contributed by atoms with E-state index in [9.17, 15) is 5.11 Å². The molecule has 0 heterocycles. The topological polar surface area (TPSA) is 20.2 Å². The van der Waals surface area contributed by atoms with Crippen molar-refractivity contribution in [2.75, 3.05) is 0 Å². The molecule has 0 spiro atoms. The molecule has 2 rings (SSSR count). The summed E-state index contributed by atoms with van der Waals surface area (Å²) in [5.41, 5.74) is 3.38. The van der Waals surface area contributed by atoms with Gasteiger partial charge in [-0.05, 0) is 30.4 Å². The predicted molar refractivity (Wildman–Crippen MR) is 54.7 cm³/mol. The first-order chi connectivity index (χ1) is 6.20. The molecule has 0 fully saturated rings. The van der Waals surface area contributed by atoms with E-state index in [0.29, 0.717) is 11.7 Å². The van der Waals surface area contributed by atoms with Gasteiger partial charge in [0.15, 0.2) is 0 Å². The summed E-state index contributed by atoms with van der Waals surface area (Å²) in [7, 11) is 0. The van der Waals surface area contributed by atoms with Gasteiger partial charge in [0.2, 0.25) is 0 Å². The van der Waals surface area contributed by atoms with E-state index < -0.39 is 0 Å². The highest BCUT2D eigenvalue weighted by Crippen LogP contribution is 2.36. The van der Waals surface area contributed by atoms with Crippen molar-refractivity contribution in [1.29, 1.82) is 0 Å². The number of aliphatic hydroxyl groups is 1. The summed E-state index contributed by atoms with van der Waals surface area (Å²) in [6.07, 6.45) is 0.975. The van der Waals surface area contributed by atoms with Crippen LogP contribution in [-0.2, 0) is 0 Å². The van der Waals surface area contributed by atoms with Gasteiger partial charge in [-0.2, -0.15) is 0 Å². The van der Waals surface area contributed by atoms with E-state index in [2.05, 4.69) is 13.0 Å². The fraction of sp³-hybridized carbons (Fsp3) is 0.333. The molecule has 0 aromatic heterocycles. The molecule has 0 bridgehead atoms. The zero-order valence-electron chi connectivity index (χ0n) is 8.04. The summed E-state index contributed by atoms with van der Waals surface area (Å²) in [5, 5.41) is 9.83. The Hall–Kier alpha value is -1.24. The predicted octanol–water partition coefficient (Wildman–Crippen LogP) is 3.48. The summed E-state index contributed by atoms with van der Waals surface area (Å²) in [6, 6.07) is 8.09. The first-order valence-electron chi connectivity index (χ1n) is 4.68. The molecule has 0 amide bonds. The van der Waals surface area contributed by atoms with Gasteiger partial charge < -0.3 is 5.11 Å². The van der Waals surface area contributed by atoms with Gasteiger partial charge >= 0.3 is 0 Å². The molecule has 68 valence electrons. The molecular formula is C12H14O. The second-order valence-corrected chi connectivity index (χ2v) is 3.82. The number of aliphatic hydroxyl groups excluding tert-OH is 1. The minimum absolute atomic E-state index is 0.480. The quantitative estimate of drug-likeness (QED) is 0.638. The molecule has 0 radical (unpaired) electrons. The molecular weight excluding hydrogens is 160 g/mol. The normalized spacial score (nSPS) is 21.5. The lowest BCUT2D eigenvalue weighted by atomic mass is 9.84. The molecule has 1 aliphatic rings. The SMILES string of the molecule is CC1=C(O)c2ccccc2C(C)C1. The summed E-state index contributed by atoms with van der Waals surface area (Å²) >= 11 is 0. The monoisotopic (exact) mass is 174 g/mol. The van der Waals surface area contributed by atoms with E-state index >= 15 is 0 Å². The smallest absolute Gasteiger partial charge is 0.122 e. The van der Waals surface area contributed by atoms with Gasteiger partial charge in [0, 0.05) is 5.56 Å². The number of allylic oxidation sites excluding steroid dienone is 1. The zero-order chi connectivity index (χ0) is 9.42. The van der Waals surface area contributed by atoms with Crippen molar-refractivity contribution in [3.8, 4) is 0 Å². The van der Waals surface area contributed by atoms with Crippen LogP contribution in [0.5, 0.6) is 0 Å². The number of hydrogen-bond donors (Lipinski definition) is 1. The van der Waals surface area contributed by atoms with Crippen molar-refractivity contribution in [2.24, 2.45) is 0 Å². The standard InChI is InChI=1S/C12H14O/c1-8-7-9(2)12(13)11-6-4-3-5-10(8)11/h3-6,8,13H,7H2,1-2H3. The third-order valence-electron chi connectivity index (χ3n) is 2.76. The van der Waals surface area contributed by atoms with Gasteiger partial charge in [-0.3, -0.25) is 0 Å². The summed E-state index contributed by atoms with van der Waals surface area (Å²) in [4.78, 5) is 0. The van der Waals surface area contributed by atoms with Crippen LogP contribution in [0.2, 0.25) is 0 Å². The van der Waals surface area contributed by atoms with Gasteiger partial charge in [0.1, 0.15) is 5.76 Å². The fourth-order valence-corrected chi connectivity index (χ4v) is 2.04. The Morgan fingerprint density at radius 3 is 2.77 bits per heavy atom. The van der Waals surface area contributed by atoms with Gasteiger partial charge in [-0.25, -0.2) is 0 Å². The van der Waals surface area contributed by atoms with Crippen LogP contribution in [-0.4, -0.2) is 5.11 Å². The average molecular weight is 174 g/mol. The highest BCUT2D eigenvalue weighted by atomic mass is 16.3. The lowest BCUT2D eigenvalue weighted by molar-refractivity contribution is 0.493. The lowest BCUT2D eigenvalue weighted by Crippen LogP contribution is -2.06. The largest absolute Gasteiger partial charge is 0.507 e. The van der Waals surface area contributed by atoms with Gasteiger partial charge in [-0.15, -0.1) is 0 Å². The number of rotatable bonds is 0. The molecule has 1 aromatic carbocycles. The van der Waals surface area contributed by atoms with Crippen molar-refractivity contribution in [2.45, 2.75) is 26.2 Å². The Labute approximate surface area is 78.7 Å². The second kappa shape index (κ2) is 2.91. The Morgan fingerprint density at radius 2 is 2.00 bits per heavy atom. The molecule has 0 saturated carbocycles. The molecule has 1 heteroatoms. The molecule has 0 aliphatic heterocycles. The third kappa shape index (κ3) is 1.24. The van der Waals surface area contributed by atoms with E-state index in [1.165, 1.54) is 5.56 Å². The highest BCUT2D eigenvalue weighted by Gasteiger charge is 2.20. The van der Waals surface area contributed by atoms with Gasteiger partial charge in [0.25, 0.3) is 0 Å². The molecule has 13 heavy (non-hydrogen) atoms.